The van der Waals surface area contributed by atoms with Crippen molar-refractivity contribution >= 4 is 41.5 Å². The number of nitrogens with zero attached hydrogens (tertiary/aromatic N) is 4. The van der Waals surface area contributed by atoms with Crippen LogP contribution >= 0.6 is 15.9 Å². The van der Waals surface area contributed by atoms with Gasteiger partial charge in [-0.05, 0) is 51.6 Å². The average Bonchev–Trinajstić information content (AvgIpc) is 3.15. The summed E-state index contributed by atoms with van der Waals surface area (Å²) in [5, 5.41) is 20.1. The number of sulfone groups is 1. The molecular formula is C17H22BrFN4O6S2. The van der Waals surface area contributed by atoms with E-state index >= 15 is 0 Å². The molecule has 2 rings (SSSR count). The Bertz CT molecular complexity index is 1150. The minimum absolute atomic E-state index is 0.108. The highest BCUT2D eigenvalue weighted by Gasteiger charge is 2.22. The maximum Gasteiger partial charge on any atom is 0.214 e. The monoisotopic (exact) mass is 540 g/mol. The zero-order chi connectivity index (χ0) is 23.2. The molecule has 0 aliphatic rings. The summed E-state index contributed by atoms with van der Waals surface area (Å²) < 4.78 is 67.2. The van der Waals surface area contributed by atoms with Crippen LogP contribution in [-0.4, -0.2) is 73.7 Å². The summed E-state index contributed by atoms with van der Waals surface area (Å²) in [5.74, 6) is -1.67. The molecule has 0 saturated heterocycles. The lowest BCUT2D eigenvalue weighted by Crippen LogP contribution is -2.29. The fourth-order valence-electron chi connectivity index (χ4n) is 2.58. The van der Waals surface area contributed by atoms with E-state index in [0.717, 1.165) is 4.31 Å². The van der Waals surface area contributed by atoms with E-state index in [0.29, 0.717) is 11.3 Å². The van der Waals surface area contributed by atoms with E-state index in [2.05, 4.69) is 31.4 Å². The van der Waals surface area contributed by atoms with E-state index in [-0.39, 0.29) is 40.9 Å². The topological polar surface area (TPSA) is 143 Å². The Labute approximate surface area is 188 Å². The number of sulfonamides is 1. The van der Waals surface area contributed by atoms with Gasteiger partial charge in [-0.15, -0.1) is 0 Å². The van der Waals surface area contributed by atoms with Gasteiger partial charge in [-0.3, -0.25) is 0 Å². The molecule has 14 heteroatoms. The third kappa shape index (κ3) is 7.33. The molecule has 0 saturated carbocycles. The first-order valence-corrected chi connectivity index (χ1v) is 13.2. The Morgan fingerprint density at radius 3 is 2.52 bits per heavy atom. The highest BCUT2D eigenvalue weighted by molar-refractivity contribution is 9.10. The predicted octanol–water partition coefficient (Wildman–Crippen LogP) is 1.63. The Morgan fingerprint density at radius 2 is 1.90 bits per heavy atom. The van der Waals surface area contributed by atoms with Gasteiger partial charge < -0.3 is 5.21 Å². The summed E-state index contributed by atoms with van der Waals surface area (Å²) in [7, 11) is -4.53. The molecule has 10 nitrogen and oxygen atoms in total. The molecule has 31 heavy (non-hydrogen) atoms. The molecule has 0 aliphatic heterocycles. The lowest BCUT2D eigenvalue weighted by atomic mass is 10.0. The van der Waals surface area contributed by atoms with E-state index in [4.69, 9.17) is 4.63 Å². The first-order chi connectivity index (χ1) is 14.4. The van der Waals surface area contributed by atoms with Gasteiger partial charge in [0, 0.05) is 20.5 Å². The summed E-state index contributed by atoms with van der Waals surface area (Å²) in [6, 6.07) is 4.31. The molecule has 0 fully saturated rings. The second-order valence-corrected chi connectivity index (χ2v) is 12.3. The molecule has 172 valence electrons. The van der Waals surface area contributed by atoms with Crippen molar-refractivity contribution in [3.05, 3.63) is 45.4 Å². The highest BCUT2D eigenvalue weighted by atomic mass is 79.9. The lowest BCUT2D eigenvalue weighted by Gasteiger charge is -2.11. The Hall–Kier alpha value is -1.90. The lowest BCUT2D eigenvalue weighted by molar-refractivity contribution is 0.300. The van der Waals surface area contributed by atoms with Crippen LogP contribution in [0.1, 0.15) is 23.4 Å². The van der Waals surface area contributed by atoms with Crippen molar-refractivity contribution in [2.45, 2.75) is 19.3 Å². The molecule has 0 aliphatic carbocycles. The second kappa shape index (κ2) is 10.6. The Balaban J connectivity index is 2.00. The zero-order valence-electron chi connectivity index (χ0n) is 16.8. The number of aromatic nitrogens is 2. The summed E-state index contributed by atoms with van der Waals surface area (Å²) in [5.41, 5.74) is 1.22. The Morgan fingerprint density at radius 1 is 1.19 bits per heavy atom. The van der Waals surface area contributed by atoms with Crippen LogP contribution in [0.25, 0.3) is 0 Å². The molecule has 0 amide bonds. The molecule has 0 bridgehead atoms. The molecule has 1 aromatic heterocycles. The standard InChI is InChI=1S/C17H22BrFN4O6S2/c1-23(2)31(27,28)9-8-30(25,26)7-3-4-15-17(22-29-21-15)16(20-24)11-12-5-6-14(19)13(18)10-12/h5-6,10,24H,3-4,7-9,11H2,1-2H3/b20-16+. The van der Waals surface area contributed by atoms with E-state index in [1.165, 1.54) is 32.3 Å². The zero-order valence-corrected chi connectivity index (χ0v) is 20.0. The number of hydrogen-bond acceptors (Lipinski definition) is 9. The molecule has 1 N–H and O–H groups in total. The number of benzene rings is 1. The molecule has 0 radical (unpaired) electrons. The van der Waals surface area contributed by atoms with Gasteiger partial charge in [0.05, 0.1) is 21.7 Å². The van der Waals surface area contributed by atoms with Crippen LogP contribution in [0.5, 0.6) is 0 Å². The minimum atomic E-state index is -3.61. The van der Waals surface area contributed by atoms with Crippen molar-refractivity contribution in [1.82, 2.24) is 14.6 Å². The van der Waals surface area contributed by atoms with Gasteiger partial charge in [-0.1, -0.05) is 16.4 Å². The maximum absolute atomic E-state index is 13.4. The predicted molar refractivity (Wildman–Crippen MR) is 115 cm³/mol. The number of hydrogen-bond donors (Lipinski definition) is 1. The highest BCUT2D eigenvalue weighted by Crippen LogP contribution is 2.19. The largest absolute Gasteiger partial charge is 0.411 e. The van der Waals surface area contributed by atoms with Crippen molar-refractivity contribution in [3.8, 4) is 0 Å². The van der Waals surface area contributed by atoms with Crippen molar-refractivity contribution in [3.63, 3.8) is 0 Å². The van der Waals surface area contributed by atoms with Crippen molar-refractivity contribution in [2.75, 3.05) is 31.4 Å². The van der Waals surface area contributed by atoms with Crippen LogP contribution < -0.4 is 0 Å². The number of rotatable bonds is 11. The van der Waals surface area contributed by atoms with Crippen LogP contribution in [0.4, 0.5) is 4.39 Å². The third-order valence-electron chi connectivity index (χ3n) is 4.38. The summed E-state index contributed by atoms with van der Waals surface area (Å²) in [4.78, 5) is 0. The van der Waals surface area contributed by atoms with Crippen LogP contribution in [0, 0.1) is 5.82 Å². The fourth-order valence-corrected chi connectivity index (χ4v) is 6.01. The quantitative estimate of drug-likeness (QED) is 0.257. The van der Waals surface area contributed by atoms with E-state index < -0.39 is 37.2 Å². The van der Waals surface area contributed by atoms with E-state index in [1.807, 2.05) is 0 Å². The van der Waals surface area contributed by atoms with Crippen LogP contribution in [0.2, 0.25) is 0 Å². The summed E-state index contributed by atoms with van der Waals surface area (Å²) in [6.45, 7) is 0. The van der Waals surface area contributed by atoms with Gasteiger partial charge in [0.15, 0.2) is 15.5 Å². The number of aryl methyl sites for hydroxylation is 1. The SMILES string of the molecule is CN(C)S(=O)(=O)CCS(=O)(=O)CCCc1nonc1/C(Cc1ccc(F)c(Br)c1)=N/O. The number of oxime groups is 1. The second-order valence-electron chi connectivity index (χ2n) is 6.89. The molecule has 2 aromatic rings. The van der Waals surface area contributed by atoms with Crippen LogP contribution in [0.3, 0.4) is 0 Å². The van der Waals surface area contributed by atoms with Gasteiger partial charge in [-0.2, -0.15) is 0 Å². The van der Waals surface area contributed by atoms with Crippen molar-refractivity contribution in [1.29, 1.82) is 0 Å². The molecule has 1 aromatic carbocycles. The van der Waals surface area contributed by atoms with E-state index in [1.54, 1.807) is 0 Å². The van der Waals surface area contributed by atoms with Gasteiger partial charge in [0.1, 0.15) is 17.2 Å². The third-order valence-corrected chi connectivity index (χ3v) is 8.82. The van der Waals surface area contributed by atoms with Gasteiger partial charge in [-0.25, -0.2) is 30.2 Å². The molecule has 0 atom stereocenters. The molecule has 0 unspecified atom stereocenters. The van der Waals surface area contributed by atoms with Gasteiger partial charge in [0.2, 0.25) is 10.0 Å². The van der Waals surface area contributed by atoms with Crippen LogP contribution in [0.15, 0.2) is 32.5 Å². The number of halogens is 2. The first-order valence-electron chi connectivity index (χ1n) is 9.02. The normalized spacial score (nSPS) is 13.1. The van der Waals surface area contributed by atoms with Gasteiger partial charge >= 0.3 is 0 Å². The summed E-state index contributed by atoms with van der Waals surface area (Å²) in [6.07, 6.45) is 0.411. The average molecular weight is 541 g/mol. The smallest absolute Gasteiger partial charge is 0.214 e. The van der Waals surface area contributed by atoms with E-state index in [9.17, 15) is 26.4 Å². The molecule has 0 spiro atoms. The van der Waals surface area contributed by atoms with Crippen molar-refractivity contribution < 1.29 is 31.1 Å². The van der Waals surface area contributed by atoms with Gasteiger partial charge in [0.25, 0.3) is 0 Å². The molecule has 1 heterocycles. The molecular weight excluding hydrogens is 519 g/mol. The first kappa shape index (κ1) is 25.4. The Kier molecular flexibility index (Phi) is 8.68. The van der Waals surface area contributed by atoms with Crippen molar-refractivity contribution in [2.24, 2.45) is 5.16 Å². The minimum Gasteiger partial charge on any atom is -0.411 e. The summed E-state index contributed by atoms with van der Waals surface area (Å²) >= 11 is 3.09. The van der Waals surface area contributed by atoms with Crippen LogP contribution in [-0.2, 0) is 32.7 Å². The maximum atomic E-state index is 13.4. The fraction of sp³-hybridized carbons (Fsp3) is 0.471.